The second-order valence-corrected chi connectivity index (χ2v) is 12.8. The quantitative estimate of drug-likeness (QED) is 0.406. The summed E-state index contributed by atoms with van der Waals surface area (Å²) in [7, 11) is -1.91. The van der Waals surface area contributed by atoms with Crippen LogP contribution in [0.1, 0.15) is 29.9 Å². The minimum absolute atomic E-state index is 0.141. The maximum Gasteiger partial charge on any atom is 0.242 e. The fourth-order valence-electron chi connectivity index (χ4n) is 4.40. The van der Waals surface area contributed by atoms with Gasteiger partial charge in [-0.15, -0.1) is 0 Å². The zero-order chi connectivity index (χ0) is 25.2. The topological polar surface area (TPSA) is 57.7 Å². The van der Waals surface area contributed by atoms with Gasteiger partial charge in [-0.2, -0.15) is 0 Å². The average molecular weight is 535 g/mol. The van der Waals surface area contributed by atoms with Gasteiger partial charge in [0.2, 0.25) is 10.0 Å². The van der Waals surface area contributed by atoms with Crippen molar-refractivity contribution in [3.63, 3.8) is 0 Å². The molecule has 35 heavy (non-hydrogen) atoms. The monoisotopic (exact) mass is 534 g/mol. The van der Waals surface area contributed by atoms with Crippen LogP contribution in [-0.4, -0.2) is 44.1 Å². The van der Waals surface area contributed by atoms with Gasteiger partial charge in [0.1, 0.15) is 5.82 Å². The van der Waals surface area contributed by atoms with Crippen molar-refractivity contribution in [3.8, 4) is 0 Å². The zero-order valence-corrected chi connectivity index (χ0v) is 22.0. The zero-order valence-electron chi connectivity index (χ0n) is 19.7. The van der Waals surface area contributed by atoms with E-state index >= 15 is 0 Å². The lowest BCUT2D eigenvalue weighted by molar-refractivity contribution is 0.481. The Kier molecular flexibility index (Phi) is 7.96. The fourth-order valence-corrected chi connectivity index (χ4v) is 6.60. The number of rotatable bonds is 7. The predicted molar refractivity (Wildman–Crippen MR) is 139 cm³/mol. The molecule has 1 atom stereocenters. The Labute approximate surface area is 214 Å². The van der Waals surface area contributed by atoms with E-state index in [0.29, 0.717) is 21.2 Å². The highest BCUT2D eigenvalue weighted by Gasteiger charge is 2.25. The second kappa shape index (κ2) is 10.8. The molecule has 0 bridgehead atoms. The first-order chi connectivity index (χ1) is 16.7. The number of benzene rings is 3. The minimum atomic E-state index is -3.53. The van der Waals surface area contributed by atoms with Gasteiger partial charge in [-0.3, -0.25) is 4.21 Å². The van der Waals surface area contributed by atoms with Gasteiger partial charge in [-0.1, -0.05) is 35.9 Å². The first-order valence-electron chi connectivity index (χ1n) is 11.4. The normalized spacial score (nSPS) is 16.0. The van der Waals surface area contributed by atoms with Crippen molar-refractivity contribution in [2.75, 3.05) is 32.1 Å². The third-order valence-corrected chi connectivity index (χ3v) is 9.82. The number of piperidine rings is 1. The molecule has 0 amide bonds. The van der Waals surface area contributed by atoms with Crippen LogP contribution < -0.4 is 4.90 Å². The molecule has 4 rings (SSSR count). The second-order valence-electron chi connectivity index (χ2n) is 8.80. The Morgan fingerprint density at radius 3 is 2.31 bits per heavy atom. The van der Waals surface area contributed by atoms with E-state index in [9.17, 15) is 17.0 Å². The smallest absolute Gasteiger partial charge is 0.242 e. The van der Waals surface area contributed by atoms with E-state index in [1.54, 1.807) is 24.3 Å². The van der Waals surface area contributed by atoms with Gasteiger partial charge in [0.15, 0.2) is 0 Å². The SMILES string of the molecule is CN(C)S(=O)(=O)c1ccc(S(=O)Cc2ccccc2N2CCC(c3ccc(Cl)cc3F)CC2)cc1. The lowest BCUT2D eigenvalue weighted by Crippen LogP contribution is -2.33. The van der Waals surface area contributed by atoms with Crippen LogP contribution in [-0.2, 0) is 26.6 Å². The van der Waals surface area contributed by atoms with Gasteiger partial charge >= 0.3 is 0 Å². The summed E-state index contributed by atoms with van der Waals surface area (Å²) in [6, 6.07) is 19.0. The van der Waals surface area contributed by atoms with Gasteiger partial charge in [0, 0.05) is 42.8 Å². The molecule has 0 aliphatic carbocycles. The lowest BCUT2D eigenvalue weighted by atomic mass is 9.88. The molecule has 9 heteroatoms. The van der Waals surface area contributed by atoms with E-state index in [0.717, 1.165) is 41.5 Å². The first kappa shape index (κ1) is 25.8. The molecule has 3 aromatic rings. The number of sulfonamides is 1. The van der Waals surface area contributed by atoms with Crippen LogP contribution in [0, 0.1) is 5.82 Å². The van der Waals surface area contributed by atoms with Gasteiger partial charge in [0.25, 0.3) is 0 Å². The summed E-state index contributed by atoms with van der Waals surface area (Å²) in [6.45, 7) is 1.54. The van der Waals surface area contributed by atoms with Crippen molar-refractivity contribution >= 4 is 38.1 Å². The van der Waals surface area contributed by atoms with Crippen molar-refractivity contribution in [2.45, 2.75) is 34.3 Å². The third kappa shape index (κ3) is 5.77. The van der Waals surface area contributed by atoms with Gasteiger partial charge in [-0.25, -0.2) is 17.1 Å². The molecular formula is C26H28ClFN2O3S2. The van der Waals surface area contributed by atoms with Gasteiger partial charge in [0.05, 0.1) is 21.4 Å². The number of hydrogen-bond acceptors (Lipinski definition) is 4. The Bertz CT molecular complexity index is 1320. The molecule has 0 spiro atoms. The summed E-state index contributed by atoms with van der Waals surface area (Å²) in [5, 5.41) is 0.402. The Balaban J connectivity index is 1.46. The van der Waals surface area contributed by atoms with Crippen LogP contribution in [0.4, 0.5) is 10.1 Å². The molecule has 186 valence electrons. The first-order valence-corrected chi connectivity index (χ1v) is 14.5. The molecule has 0 radical (unpaired) electrons. The van der Waals surface area contributed by atoms with Crippen molar-refractivity contribution in [2.24, 2.45) is 0 Å². The van der Waals surface area contributed by atoms with Gasteiger partial charge in [-0.05, 0) is 72.4 Å². The van der Waals surface area contributed by atoms with E-state index in [1.165, 1.54) is 32.3 Å². The molecule has 0 N–H and O–H groups in total. The number of nitrogens with zero attached hydrogens (tertiary/aromatic N) is 2. The molecule has 1 unspecified atom stereocenters. The average Bonchev–Trinajstić information content (AvgIpc) is 2.84. The van der Waals surface area contributed by atoms with Crippen LogP contribution in [0.15, 0.2) is 76.5 Å². The van der Waals surface area contributed by atoms with E-state index in [-0.39, 0.29) is 16.6 Å². The number of halogens is 2. The third-order valence-electron chi connectivity index (χ3n) is 6.38. The van der Waals surface area contributed by atoms with Crippen molar-refractivity contribution in [3.05, 3.63) is 88.7 Å². The Morgan fingerprint density at radius 1 is 1.03 bits per heavy atom. The molecular weight excluding hydrogens is 507 g/mol. The Morgan fingerprint density at radius 2 is 1.69 bits per heavy atom. The summed E-state index contributed by atoms with van der Waals surface area (Å²) in [4.78, 5) is 3.02. The number of para-hydroxylation sites is 1. The summed E-state index contributed by atoms with van der Waals surface area (Å²) in [5.41, 5.74) is 2.71. The van der Waals surface area contributed by atoms with Crippen LogP contribution in [0.2, 0.25) is 5.02 Å². The molecule has 1 heterocycles. The maximum atomic E-state index is 14.4. The lowest BCUT2D eigenvalue weighted by Gasteiger charge is -2.35. The van der Waals surface area contributed by atoms with Gasteiger partial charge < -0.3 is 4.90 Å². The largest absolute Gasteiger partial charge is 0.371 e. The van der Waals surface area contributed by atoms with E-state index in [2.05, 4.69) is 4.90 Å². The molecule has 1 aliphatic heterocycles. The molecule has 1 fully saturated rings. The van der Waals surface area contributed by atoms with E-state index in [4.69, 9.17) is 11.6 Å². The predicted octanol–water partition coefficient (Wildman–Crippen LogP) is 5.42. The van der Waals surface area contributed by atoms with E-state index in [1.807, 2.05) is 24.3 Å². The summed E-state index contributed by atoms with van der Waals surface area (Å²) < 4.78 is 53.2. The summed E-state index contributed by atoms with van der Waals surface area (Å²) in [6.07, 6.45) is 1.63. The number of anilines is 1. The van der Waals surface area contributed by atoms with E-state index < -0.39 is 20.8 Å². The molecule has 3 aromatic carbocycles. The van der Waals surface area contributed by atoms with Crippen LogP contribution in [0.25, 0.3) is 0 Å². The standard InChI is InChI=1S/C26H28ClFN2O3S2/c1-29(2)35(32,33)23-10-8-22(9-11-23)34(31)18-20-5-3-4-6-26(20)30-15-13-19(14-16-30)24-12-7-21(27)17-25(24)28/h3-12,17,19H,13-16,18H2,1-2H3. The Hall–Kier alpha value is -2.26. The fraction of sp³-hybridized carbons (Fsp3) is 0.308. The highest BCUT2D eigenvalue weighted by Crippen LogP contribution is 2.34. The maximum absolute atomic E-state index is 14.4. The molecule has 0 saturated carbocycles. The van der Waals surface area contributed by atoms with Crippen molar-refractivity contribution in [1.82, 2.24) is 4.31 Å². The molecule has 0 aromatic heterocycles. The van der Waals surface area contributed by atoms with Crippen LogP contribution in [0.5, 0.6) is 0 Å². The molecule has 1 aliphatic rings. The highest BCUT2D eigenvalue weighted by atomic mass is 35.5. The van der Waals surface area contributed by atoms with Crippen molar-refractivity contribution < 1.29 is 17.0 Å². The molecule has 1 saturated heterocycles. The van der Waals surface area contributed by atoms with Crippen molar-refractivity contribution in [1.29, 1.82) is 0 Å². The highest BCUT2D eigenvalue weighted by molar-refractivity contribution is 7.89. The number of hydrogen-bond donors (Lipinski definition) is 0. The van der Waals surface area contributed by atoms with Crippen LogP contribution in [0.3, 0.4) is 0 Å². The summed E-state index contributed by atoms with van der Waals surface area (Å²) in [5.74, 6) is 0.208. The van der Waals surface area contributed by atoms with Crippen LogP contribution >= 0.6 is 11.6 Å². The minimum Gasteiger partial charge on any atom is -0.371 e. The molecule has 5 nitrogen and oxygen atoms in total. The summed E-state index contributed by atoms with van der Waals surface area (Å²) >= 11 is 5.90.